The first kappa shape index (κ1) is 13.4. The molecule has 1 aliphatic heterocycles. The van der Waals surface area contributed by atoms with Crippen LogP contribution in [0.15, 0.2) is 11.6 Å². The van der Waals surface area contributed by atoms with E-state index in [1.165, 1.54) is 0 Å². The zero-order valence-electron chi connectivity index (χ0n) is 10.5. The number of hydrogen-bond donors (Lipinski definition) is 1. The lowest BCUT2D eigenvalue weighted by atomic mass is 9.80. The van der Waals surface area contributed by atoms with Crippen LogP contribution in [0, 0.1) is 0 Å². The molecule has 1 saturated heterocycles. The summed E-state index contributed by atoms with van der Waals surface area (Å²) in [6.45, 7) is 4.39. The van der Waals surface area contributed by atoms with E-state index in [1.807, 2.05) is 0 Å². The van der Waals surface area contributed by atoms with Gasteiger partial charge in [-0.2, -0.15) is 0 Å². The van der Waals surface area contributed by atoms with E-state index in [0.717, 1.165) is 32.1 Å². The van der Waals surface area contributed by atoms with Gasteiger partial charge in [-0.1, -0.05) is 37.4 Å². The quantitative estimate of drug-likeness (QED) is 0.832. The largest absolute Gasteiger partial charge is 0.342 e. The second-order valence-corrected chi connectivity index (χ2v) is 5.72. The first-order valence-corrected chi connectivity index (χ1v) is 6.85. The van der Waals surface area contributed by atoms with Gasteiger partial charge in [-0.25, -0.2) is 0 Å². The normalized spacial score (nSPS) is 23.7. The van der Waals surface area contributed by atoms with E-state index in [2.05, 4.69) is 11.9 Å². The van der Waals surface area contributed by atoms with Crippen molar-refractivity contribution in [3.05, 3.63) is 11.6 Å². The van der Waals surface area contributed by atoms with Crippen LogP contribution in [0.2, 0.25) is 0 Å². The molecule has 1 spiro atoms. The maximum Gasteiger partial charge on any atom is 0.248 e. The van der Waals surface area contributed by atoms with Crippen molar-refractivity contribution < 1.29 is 9.59 Å². The predicted octanol–water partition coefficient (Wildman–Crippen LogP) is 1.79. The molecule has 2 amide bonds. The van der Waals surface area contributed by atoms with Crippen molar-refractivity contribution in [2.45, 2.75) is 44.1 Å². The van der Waals surface area contributed by atoms with Crippen LogP contribution in [0.25, 0.3) is 0 Å². The number of carbonyl (C=O) groups is 2. The average Bonchev–Trinajstić information content (AvgIpc) is 2.43. The lowest BCUT2D eigenvalue weighted by Crippen LogP contribution is -2.58. The van der Waals surface area contributed by atoms with Gasteiger partial charge in [-0.05, 0) is 12.8 Å². The lowest BCUT2D eigenvalue weighted by Gasteiger charge is -2.38. The first-order chi connectivity index (χ1) is 8.53. The van der Waals surface area contributed by atoms with Gasteiger partial charge in [0.2, 0.25) is 11.8 Å². The van der Waals surface area contributed by atoms with Crippen LogP contribution in [-0.4, -0.2) is 35.3 Å². The molecule has 100 valence electrons. The molecule has 1 aliphatic carbocycles. The Labute approximate surface area is 112 Å². The topological polar surface area (TPSA) is 49.4 Å². The monoisotopic (exact) mass is 270 g/mol. The SMILES string of the molecule is C=C(Cl)CN1CCC(=O)NC2(CCCCC2)C1=O. The molecule has 4 nitrogen and oxygen atoms in total. The van der Waals surface area contributed by atoms with Crippen LogP contribution in [0.4, 0.5) is 0 Å². The molecule has 0 bridgehead atoms. The van der Waals surface area contributed by atoms with Crippen LogP contribution >= 0.6 is 11.6 Å². The zero-order valence-corrected chi connectivity index (χ0v) is 11.3. The lowest BCUT2D eigenvalue weighted by molar-refractivity contribution is -0.139. The zero-order chi connectivity index (χ0) is 13.2. The Morgan fingerprint density at radius 1 is 1.33 bits per heavy atom. The van der Waals surface area contributed by atoms with E-state index < -0.39 is 5.54 Å². The standard InChI is InChI=1S/C13H19ClN2O2/c1-10(14)9-16-8-5-11(17)15-13(12(16)18)6-3-2-4-7-13/h1-9H2,(H,15,17). The molecule has 1 N–H and O–H groups in total. The third-order valence-corrected chi connectivity index (χ3v) is 3.87. The number of amides is 2. The van der Waals surface area contributed by atoms with E-state index in [1.54, 1.807) is 4.90 Å². The number of carbonyl (C=O) groups excluding carboxylic acids is 2. The molecular formula is C13H19ClN2O2. The van der Waals surface area contributed by atoms with Crippen LogP contribution in [0.5, 0.6) is 0 Å². The van der Waals surface area contributed by atoms with E-state index in [-0.39, 0.29) is 11.8 Å². The van der Waals surface area contributed by atoms with Crippen molar-refractivity contribution in [2.75, 3.05) is 13.1 Å². The molecule has 5 heteroatoms. The summed E-state index contributed by atoms with van der Waals surface area (Å²) in [4.78, 5) is 26.1. The van der Waals surface area contributed by atoms with Crippen LogP contribution in [0.1, 0.15) is 38.5 Å². The minimum atomic E-state index is -0.682. The molecular weight excluding hydrogens is 252 g/mol. The smallest absolute Gasteiger partial charge is 0.248 e. The minimum Gasteiger partial charge on any atom is -0.342 e. The number of rotatable bonds is 2. The number of nitrogens with zero attached hydrogens (tertiary/aromatic N) is 1. The third kappa shape index (κ3) is 2.69. The highest BCUT2D eigenvalue weighted by atomic mass is 35.5. The van der Waals surface area contributed by atoms with Crippen molar-refractivity contribution in [3.8, 4) is 0 Å². The molecule has 0 unspecified atom stereocenters. The molecule has 2 rings (SSSR count). The third-order valence-electron chi connectivity index (χ3n) is 3.75. The summed E-state index contributed by atoms with van der Waals surface area (Å²) in [6.07, 6.45) is 4.93. The molecule has 0 aromatic carbocycles. The molecule has 1 heterocycles. The highest BCUT2D eigenvalue weighted by molar-refractivity contribution is 6.29. The molecule has 18 heavy (non-hydrogen) atoms. The molecule has 2 aliphatic rings. The Balaban J connectivity index is 2.22. The average molecular weight is 271 g/mol. The highest BCUT2D eigenvalue weighted by Crippen LogP contribution is 2.31. The minimum absolute atomic E-state index is 0.00912. The molecule has 0 radical (unpaired) electrons. The summed E-state index contributed by atoms with van der Waals surface area (Å²) in [5.74, 6) is -0.0252. The summed E-state index contributed by atoms with van der Waals surface area (Å²) >= 11 is 5.80. The van der Waals surface area contributed by atoms with Gasteiger partial charge in [0.25, 0.3) is 0 Å². The van der Waals surface area contributed by atoms with Crippen molar-refractivity contribution in [1.82, 2.24) is 10.2 Å². The van der Waals surface area contributed by atoms with Gasteiger partial charge in [0, 0.05) is 18.0 Å². The highest BCUT2D eigenvalue weighted by Gasteiger charge is 2.44. The van der Waals surface area contributed by atoms with Gasteiger partial charge in [-0.15, -0.1) is 0 Å². The summed E-state index contributed by atoms with van der Waals surface area (Å²) < 4.78 is 0. The first-order valence-electron chi connectivity index (χ1n) is 6.47. The van der Waals surface area contributed by atoms with E-state index in [4.69, 9.17) is 11.6 Å². The Bertz CT molecular complexity index is 375. The number of halogens is 1. The van der Waals surface area contributed by atoms with Gasteiger partial charge in [0.1, 0.15) is 5.54 Å². The molecule has 1 saturated carbocycles. The van der Waals surface area contributed by atoms with Gasteiger partial charge in [-0.3, -0.25) is 9.59 Å². The van der Waals surface area contributed by atoms with Crippen LogP contribution in [-0.2, 0) is 9.59 Å². The summed E-state index contributed by atoms with van der Waals surface area (Å²) in [7, 11) is 0. The van der Waals surface area contributed by atoms with Crippen molar-refractivity contribution in [3.63, 3.8) is 0 Å². The Morgan fingerprint density at radius 3 is 2.61 bits per heavy atom. The van der Waals surface area contributed by atoms with Crippen LogP contribution in [0.3, 0.4) is 0 Å². The number of nitrogens with one attached hydrogen (secondary N) is 1. The van der Waals surface area contributed by atoms with E-state index >= 15 is 0 Å². The molecule has 0 atom stereocenters. The molecule has 0 aromatic heterocycles. The van der Waals surface area contributed by atoms with E-state index in [9.17, 15) is 9.59 Å². The fourth-order valence-electron chi connectivity index (χ4n) is 2.88. The van der Waals surface area contributed by atoms with Gasteiger partial charge in [0.05, 0.1) is 6.54 Å². The van der Waals surface area contributed by atoms with Crippen molar-refractivity contribution in [2.24, 2.45) is 0 Å². The number of hydrogen-bond acceptors (Lipinski definition) is 2. The predicted molar refractivity (Wildman–Crippen MR) is 70.1 cm³/mol. The Hall–Kier alpha value is -1.03. The molecule has 0 aromatic rings. The van der Waals surface area contributed by atoms with Crippen molar-refractivity contribution >= 4 is 23.4 Å². The fraction of sp³-hybridized carbons (Fsp3) is 0.692. The van der Waals surface area contributed by atoms with Crippen molar-refractivity contribution in [1.29, 1.82) is 0 Å². The Kier molecular flexibility index (Phi) is 3.95. The summed E-state index contributed by atoms with van der Waals surface area (Å²) in [5, 5.41) is 3.38. The fourth-order valence-corrected chi connectivity index (χ4v) is 3.02. The maximum absolute atomic E-state index is 12.6. The van der Waals surface area contributed by atoms with Gasteiger partial charge >= 0.3 is 0 Å². The van der Waals surface area contributed by atoms with Gasteiger partial charge < -0.3 is 10.2 Å². The second kappa shape index (κ2) is 5.31. The van der Waals surface area contributed by atoms with Gasteiger partial charge in [0.15, 0.2) is 0 Å². The van der Waals surface area contributed by atoms with Crippen LogP contribution < -0.4 is 5.32 Å². The summed E-state index contributed by atoms with van der Waals surface area (Å²) in [5.41, 5.74) is -0.682. The molecule has 2 fully saturated rings. The maximum atomic E-state index is 12.6. The Morgan fingerprint density at radius 2 is 2.00 bits per heavy atom. The second-order valence-electron chi connectivity index (χ2n) is 5.18. The summed E-state index contributed by atoms with van der Waals surface area (Å²) in [6, 6.07) is 0. The van der Waals surface area contributed by atoms with E-state index in [0.29, 0.717) is 24.5 Å².